The van der Waals surface area contributed by atoms with Gasteiger partial charge in [0.1, 0.15) is 18.0 Å². The van der Waals surface area contributed by atoms with Crippen LogP contribution >= 0.6 is 0 Å². The van der Waals surface area contributed by atoms with Gasteiger partial charge in [-0.3, -0.25) is 9.69 Å². The molecule has 1 amide bonds. The smallest absolute Gasteiger partial charge is 0.256 e. The van der Waals surface area contributed by atoms with E-state index in [-0.39, 0.29) is 5.91 Å². The van der Waals surface area contributed by atoms with Crippen LogP contribution in [0.5, 0.6) is 5.75 Å². The lowest BCUT2D eigenvalue weighted by Gasteiger charge is -2.34. The van der Waals surface area contributed by atoms with Crippen molar-refractivity contribution < 1.29 is 14.3 Å². The van der Waals surface area contributed by atoms with Crippen LogP contribution in [0.1, 0.15) is 59.3 Å². The molecule has 2 fully saturated rings. The van der Waals surface area contributed by atoms with Crippen LogP contribution in [0.2, 0.25) is 0 Å². The topological polar surface area (TPSA) is 50.8 Å². The Balaban J connectivity index is 1.46. The molecule has 162 valence electrons. The highest BCUT2D eigenvalue weighted by molar-refractivity contribution is 5.97. The zero-order valence-electron chi connectivity index (χ0n) is 18.4. The van der Waals surface area contributed by atoms with Crippen LogP contribution in [-0.2, 0) is 9.53 Å². The number of hydrogen-bond donors (Lipinski definition) is 1. The molecule has 3 rings (SSSR count). The van der Waals surface area contributed by atoms with Gasteiger partial charge in [0, 0.05) is 31.9 Å². The monoisotopic (exact) mass is 402 g/mol. The first-order chi connectivity index (χ1) is 14.0. The van der Waals surface area contributed by atoms with Gasteiger partial charge in [-0.1, -0.05) is 20.8 Å². The quantitative estimate of drug-likeness (QED) is 0.649. The van der Waals surface area contributed by atoms with Crippen LogP contribution in [0, 0.1) is 11.8 Å². The highest BCUT2D eigenvalue weighted by atomic mass is 16.5. The van der Waals surface area contributed by atoms with Gasteiger partial charge in [0.05, 0.1) is 0 Å². The van der Waals surface area contributed by atoms with Crippen molar-refractivity contribution in [3.8, 4) is 5.75 Å². The number of nitrogens with zero attached hydrogens (tertiary/aromatic N) is 1. The van der Waals surface area contributed by atoms with Crippen LogP contribution in [0.25, 0.3) is 0 Å². The van der Waals surface area contributed by atoms with Gasteiger partial charge < -0.3 is 14.8 Å². The minimum Gasteiger partial charge on any atom is -0.492 e. The van der Waals surface area contributed by atoms with E-state index in [1.165, 1.54) is 19.5 Å². The molecule has 1 aromatic rings. The van der Waals surface area contributed by atoms with Crippen molar-refractivity contribution in [2.24, 2.45) is 11.8 Å². The van der Waals surface area contributed by atoms with Crippen molar-refractivity contribution in [2.45, 2.75) is 64.9 Å². The van der Waals surface area contributed by atoms with Gasteiger partial charge in [0.25, 0.3) is 5.91 Å². The zero-order valence-corrected chi connectivity index (χ0v) is 18.4. The minimum absolute atomic E-state index is 0.00884. The number of amides is 1. The van der Waals surface area contributed by atoms with Gasteiger partial charge in [0.2, 0.25) is 0 Å². The normalized spacial score (nSPS) is 24.4. The average Bonchev–Trinajstić information content (AvgIpc) is 3.17. The number of nitrogens with one attached hydrogen (secondary N) is 1. The van der Waals surface area contributed by atoms with E-state index in [9.17, 15) is 4.79 Å². The van der Waals surface area contributed by atoms with E-state index in [4.69, 9.17) is 9.47 Å². The fourth-order valence-electron chi connectivity index (χ4n) is 4.83. The van der Waals surface area contributed by atoms with E-state index < -0.39 is 5.60 Å². The predicted molar refractivity (Wildman–Crippen MR) is 117 cm³/mol. The summed E-state index contributed by atoms with van der Waals surface area (Å²) in [5, 5.41) is 3.05. The molecule has 1 heterocycles. The average molecular weight is 403 g/mol. The Kier molecular flexibility index (Phi) is 7.96. The van der Waals surface area contributed by atoms with E-state index >= 15 is 0 Å². The standard InChI is InChI=1S/C24H38N2O3/c1-4-14-29-24(11-5-6-12-24)23(27)25-21-7-9-22(10-8-21)28-15-13-26-17-19(2)16-20(3)18-26/h7-10,19-20H,4-6,11-18H2,1-3H3,(H,25,27)/t19-,20-/m0/s1. The second-order valence-electron chi connectivity index (χ2n) is 9.08. The molecule has 0 unspecified atom stereocenters. The van der Waals surface area contributed by atoms with Crippen molar-refractivity contribution in [1.29, 1.82) is 0 Å². The highest BCUT2D eigenvalue weighted by Gasteiger charge is 2.42. The third-order valence-corrected chi connectivity index (χ3v) is 6.14. The number of hydrogen-bond acceptors (Lipinski definition) is 4. The summed E-state index contributed by atoms with van der Waals surface area (Å²) in [6, 6.07) is 7.71. The third kappa shape index (κ3) is 6.19. The number of ether oxygens (including phenoxy) is 2. The van der Waals surface area contributed by atoms with Crippen LogP contribution in [0.4, 0.5) is 5.69 Å². The fraction of sp³-hybridized carbons (Fsp3) is 0.708. The van der Waals surface area contributed by atoms with Gasteiger partial charge in [-0.05, 0) is 74.6 Å². The molecule has 5 heteroatoms. The summed E-state index contributed by atoms with van der Waals surface area (Å²) in [7, 11) is 0. The Hall–Kier alpha value is -1.59. The van der Waals surface area contributed by atoms with Gasteiger partial charge in [0.15, 0.2) is 0 Å². The maximum Gasteiger partial charge on any atom is 0.256 e. The summed E-state index contributed by atoms with van der Waals surface area (Å²) in [5.41, 5.74) is 0.154. The number of carbonyl (C=O) groups is 1. The molecule has 1 aliphatic heterocycles. The van der Waals surface area contributed by atoms with Crippen molar-refractivity contribution >= 4 is 11.6 Å². The molecule has 0 spiro atoms. The van der Waals surface area contributed by atoms with E-state index in [0.29, 0.717) is 13.2 Å². The predicted octanol–water partition coefficient (Wildman–Crippen LogP) is 4.72. The lowest BCUT2D eigenvalue weighted by atomic mass is 9.92. The molecule has 2 atom stereocenters. The number of anilines is 1. The summed E-state index contributed by atoms with van der Waals surface area (Å²) in [5.74, 6) is 2.38. The molecule has 0 radical (unpaired) electrons. The minimum atomic E-state index is -0.645. The maximum absolute atomic E-state index is 12.9. The van der Waals surface area contributed by atoms with Crippen molar-refractivity contribution in [3.05, 3.63) is 24.3 Å². The summed E-state index contributed by atoms with van der Waals surface area (Å²) in [6.45, 7) is 11.4. The largest absolute Gasteiger partial charge is 0.492 e. The lowest BCUT2D eigenvalue weighted by Crippen LogP contribution is -2.43. The van der Waals surface area contributed by atoms with E-state index in [0.717, 1.165) is 61.9 Å². The molecule has 2 aliphatic rings. The third-order valence-electron chi connectivity index (χ3n) is 6.14. The Bertz CT molecular complexity index is 630. The second-order valence-corrected chi connectivity index (χ2v) is 9.08. The zero-order chi connectivity index (χ0) is 20.7. The fourth-order valence-corrected chi connectivity index (χ4v) is 4.83. The Morgan fingerprint density at radius 2 is 1.76 bits per heavy atom. The molecule has 1 aliphatic carbocycles. The highest BCUT2D eigenvalue weighted by Crippen LogP contribution is 2.34. The number of likely N-dealkylation sites (tertiary alicyclic amines) is 1. The second kappa shape index (κ2) is 10.4. The number of carbonyl (C=O) groups excluding carboxylic acids is 1. The van der Waals surface area contributed by atoms with Gasteiger partial charge in [-0.2, -0.15) is 0 Å². The van der Waals surface area contributed by atoms with Gasteiger partial charge in [-0.15, -0.1) is 0 Å². The first kappa shape index (κ1) is 22.1. The van der Waals surface area contributed by atoms with Crippen LogP contribution < -0.4 is 10.1 Å². The SMILES string of the molecule is CCCOC1(C(=O)Nc2ccc(OCCN3C[C@@H](C)C[C@H](C)C3)cc2)CCCC1. The Labute approximate surface area is 176 Å². The van der Waals surface area contributed by atoms with Crippen molar-refractivity contribution in [3.63, 3.8) is 0 Å². The summed E-state index contributed by atoms with van der Waals surface area (Å²) in [4.78, 5) is 15.4. The van der Waals surface area contributed by atoms with Crippen LogP contribution in [0.15, 0.2) is 24.3 Å². The van der Waals surface area contributed by atoms with Gasteiger partial charge >= 0.3 is 0 Å². The number of rotatable bonds is 9. The molecule has 1 saturated carbocycles. The molecule has 29 heavy (non-hydrogen) atoms. The lowest BCUT2D eigenvalue weighted by molar-refractivity contribution is -0.140. The first-order valence-corrected chi connectivity index (χ1v) is 11.4. The maximum atomic E-state index is 12.9. The Morgan fingerprint density at radius 1 is 1.10 bits per heavy atom. The summed E-state index contributed by atoms with van der Waals surface area (Å²) < 4.78 is 11.9. The van der Waals surface area contributed by atoms with Crippen LogP contribution in [0.3, 0.4) is 0 Å². The molecule has 5 nitrogen and oxygen atoms in total. The number of benzene rings is 1. The molecule has 1 saturated heterocycles. The summed E-state index contributed by atoms with van der Waals surface area (Å²) >= 11 is 0. The first-order valence-electron chi connectivity index (χ1n) is 11.4. The molecule has 0 bridgehead atoms. The molecule has 1 aromatic carbocycles. The molecule has 1 N–H and O–H groups in total. The molecular weight excluding hydrogens is 364 g/mol. The van der Waals surface area contributed by atoms with Crippen LogP contribution in [-0.4, -0.2) is 49.3 Å². The van der Waals surface area contributed by atoms with E-state index in [1.54, 1.807) is 0 Å². The Morgan fingerprint density at radius 3 is 2.38 bits per heavy atom. The van der Waals surface area contributed by atoms with Crippen molar-refractivity contribution in [2.75, 3.05) is 38.2 Å². The summed E-state index contributed by atoms with van der Waals surface area (Å²) in [6.07, 6.45) is 5.99. The molecule has 0 aromatic heterocycles. The van der Waals surface area contributed by atoms with E-state index in [1.807, 2.05) is 24.3 Å². The molecular formula is C24H38N2O3. The van der Waals surface area contributed by atoms with Crippen molar-refractivity contribution in [1.82, 2.24) is 4.90 Å². The van der Waals surface area contributed by atoms with Gasteiger partial charge in [-0.25, -0.2) is 0 Å². The van der Waals surface area contributed by atoms with E-state index in [2.05, 4.69) is 31.0 Å². The number of piperidine rings is 1.